The molecule has 0 saturated carbocycles. The molecule has 0 aliphatic heterocycles. The van der Waals surface area contributed by atoms with Gasteiger partial charge >= 0.3 is 0 Å². The molecule has 10 rings (SSSR count). The van der Waals surface area contributed by atoms with Gasteiger partial charge in [-0.05, 0) is 102 Å². The van der Waals surface area contributed by atoms with Gasteiger partial charge in [-0.25, -0.2) is 0 Å². The fourth-order valence-electron chi connectivity index (χ4n) is 8.02. The summed E-state index contributed by atoms with van der Waals surface area (Å²) >= 11 is 0. The Morgan fingerprint density at radius 1 is 0.245 bits per heavy atom. The third-order valence-electron chi connectivity index (χ3n) is 10.6. The predicted molar refractivity (Wildman–Crippen MR) is 227 cm³/mol. The second kappa shape index (κ2) is 13.0. The lowest BCUT2D eigenvalue weighted by molar-refractivity contribution is 1.30. The zero-order chi connectivity index (χ0) is 35.1. The van der Waals surface area contributed by atoms with Gasteiger partial charge < -0.3 is 4.90 Å². The van der Waals surface area contributed by atoms with Crippen LogP contribution in [-0.2, 0) is 0 Å². The Morgan fingerprint density at radius 2 is 0.811 bits per heavy atom. The number of benzene rings is 10. The van der Waals surface area contributed by atoms with Crippen LogP contribution in [0.4, 0.5) is 17.1 Å². The molecule has 1 heteroatoms. The molecule has 10 aromatic carbocycles. The van der Waals surface area contributed by atoms with E-state index >= 15 is 0 Å². The Hall–Kier alpha value is -6.96. The van der Waals surface area contributed by atoms with Crippen molar-refractivity contribution < 1.29 is 0 Å². The first-order valence-corrected chi connectivity index (χ1v) is 18.3. The first kappa shape index (κ1) is 30.8. The van der Waals surface area contributed by atoms with Gasteiger partial charge in [0.1, 0.15) is 0 Å². The summed E-state index contributed by atoms with van der Waals surface area (Å²) in [6, 6.07) is 77.4. The van der Waals surface area contributed by atoms with E-state index in [1.807, 2.05) is 0 Å². The molecule has 0 heterocycles. The Labute approximate surface area is 309 Å². The Balaban J connectivity index is 1.20. The smallest absolute Gasteiger partial charge is 0.0546 e. The van der Waals surface area contributed by atoms with Crippen LogP contribution in [0, 0.1) is 0 Å². The maximum absolute atomic E-state index is 2.46. The lowest BCUT2D eigenvalue weighted by atomic mass is 9.93. The predicted octanol–water partition coefficient (Wildman–Crippen LogP) is 14.8. The van der Waals surface area contributed by atoms with Crippen LogP contribution in [0.2, 0.25) is 0 Å². The van der Waals surface area contributed by atoms with Crippen molar-refractivity contribution in [2.45, 2.75) is 0 Å². The maximum Gasteiger partial charge on any atom is 0.0546 e. The number of hydrogen-bond donors (Lipinski definition) is 0. The van der Waals surface area contributed by atoms with E-state index < -0.39 is 0 Å². The van der Waals surface area contributed by atoms with E-state index in [9.17, 15) is 0 Å². The fourth-order valence-corrected chi connectivity index (χ4v) is 8.02. The summed E-state index contributed by atoms with van der Waals surface area (Å²) in [5, 5.41) is 9.97. The molecule has 0 bridgehead atoms. The molecule has 53 heavy (non-hydrogen) atoms. The topological polar surface area (TPSA) is 3.24 Å². The highest BCUT2D eigenvalue weighted by molar-refractivity contribution is 6.14. The lowest BCUT2D eigenvalue weighted by Gasteiger charge is -2.30. The fraction of sp³-hybridized carbons (Fsp3) is 0. The van der Waals surface area contributed by atoms with Crippen molar-refractivity contribution in [2.24, 2.45) is 0 Å². The summed E-state index contributed by atoms with van der Waals surface area (Å²) in [6.07, 6.45) is 0. The molecule has 1 nitrogen and oxygen atoms in total. The molecule has 0 radical (unpaired) electrons. The zero-order valence-corrected chi connectivity index (χ0v) is 29.2. The molecule has 0 unspecified atom stereocenters. The monoisotopic (exact) mass is 673 g/mol. The zero-order valence-electron chi connectivity index (χ0n) is 29.2. The summed E-state index contributed by atoms with van der Waals surface area (Å²) in [4.78, 5) is 2.46. The minimum absolute atomic E-state index is 1.10. The summed E-state index contributed by atoms with van der Waals surface area (Å²) in [5.74, 6) is 0. The molecule has 0 fully saturated rings. The summed E-state index contributed by atoms with van der Waals surface area (Å²) in [7, 11) is 0. The lowest BCUT2D eigenvalue weighted by Crippen LogP contribution is -2.12. The summed E-state index contributed by atoms with van der Waals surface area (Å²) < 4.78 is 0. The second-order valence-electron chi connectivity index (χ2n) is 13.7. The van der Waals surface area contributed by atoms with Crippen molar-refractivity contribution >= 4 is 60.2 Å². The van der Waals surface area contributed by atoms with Crippen molar-refractivity contribution in [1.82, 2.24) is 0 Å². The van der Waals surface area contributed by atoms with Gasteiger partial charge in [-0.2, -0.15) is 0 Å². The van der Waals surface area contributed by atoms with E-state index in [2.05, 4.69) is 217 Å². The molecule has 248 valence electrons. The summed E-state index contributed by atoms with van der Waals surface area (Å²) in [6.45, 7) is 0. The average molecular weight is 674 g/mol. The number of anilines is 3. The van der Waals surface area contributed by atoms with Crippen LogP contribution in [0.25, 0.3) is 76.5 Å². The molecular formula is C52H35N. The molecule has 0 saturated heterocycles. The van der Waals surface area contributed by atoms with Gasteiger partial charge in [0.15, 0.2) is 0 Å². The number of hydrogen-bond acceptors (Lipinski definition) is 1. The molecule has 10 aromatic rings. The van der Waals surface area contributed by atoms with Crippen LogP contribution in [-0.4, -0.2) is 0 Å². The van der Waals surface area contributed by atoms with Gasteiger partial charge in [0.05, 0.1) is 11.4 Å². The Morgan fingerprint density at radius 3 is 1.62 bits per heavy atom. The minimum Gasteiger partial charge on any atom is -0.309 e. The van der Waals surface area contributed by atoms with E-state index in [0.29, 0.717) is 0 Å². The van der Waals surface area contributed by atoms with E-state index in [4.69, 9.17) is 0 Å². The van der Waals surface area contributed by atoms with Gasteiger partial charge in [0.25, 0.3) is 0 Å². The van der Waals surface area contributed by atoms with Gasteiger partial charge in [0.2, 0.25) is 0 Å². The first-order chi connectivity index (χ1) is 26.3. The molecule has 0 N–H and O–H groups in total. The quantitative estimate of drug-likeness (QED) is 0.159. The maximum atomic E-state index is 2.46. The van der Waals surface area contributed by atoms with Crippen molar-refractivity contribution in [1.29, 1.82) is 0 Å². The third kappa shape index (κ3) is 5.51. The Kier molecular flexibility index (Phi) is 7.55. The standard InChI is InChI=1S/C52H35N/c1-2-14-37(15-3-1)47-32-29-42(41-26-25-36-13-4-5-17-40(36)33-41)35-52(47)53(51-24-12-19-38-16-6-9-21-46(38)51)44-30-27-39(28-31-44)50-34-43-18-7-8-20-45(43)48-22-10-11-23-49(48)50/h1-35H. The van der Waals surface area contributed by atoms with Crippen LogP contribution in [0.5, 0.6) is 0 Å². The highest BCUT2D eigenvalue weighted by Gasteiger charge is 2.21. The van der Waals surface area contributed by atoms with Gasteiger partial charge in [0, 0.05) is 16.6 Å². The normalized spacial score (nSPS) is 11.4. The average Bonchev–Trinajstić information content (AvgIpc) is 3.24. The van der Waals surface area contributed by atoms with E-state index in [1.165, 1.54) is 76.5 Å². The van der Waals surface area contributed by atoms with Crippen LogP contribution >= 0.6 is 0 Å². The molecule has 0 aliphatic rings. The second-order valence-corrected chi connectivity index (χ2v) is 13.7. The van der Waals surface area contributed by atoms with Crippen molar-refractivity contribution in [3.05, 3.63) is 212 Å². The number of fused-ring (bicyclic) bond motifs is 5. The minimum atomic E-state index is 1.10. The largest absolute Gasteiger partial charge is 0.309 e. The van der Waals surface area contributed by atoms with Crippen LogP contribution in [0.3, 0.4) is 0 Å². The molecule has 0 atom stereocenters. The number of rotatable bonds is 6. The van der Waals surface area contributed by atoms with Crippen LogP contribution in [0.1, 0.15) is 0 Å². The SMILES string of the molecule is c1ccc(-c2ccc(-c3ccc4ccccc4c3)cc2N(c2ccc(-c3cc4ccccc4c4ccccc34)cc2)c2cccc3ccccc23)cc1. The molecule has 0 aliphatic carbocycles. The van der Waals surface area contributed by atoms with Gasteiger partial charge in [-0.1, -0.05) is 176 Å². The van der Waals surface area contributed by atoms with Gasteiger partial charge in [-0.15, -0.1) is 0 Å². The third-order valence-corrected chi connectivity index (χ3v) is 10.6. The Bertz CT molecular complexity index is 2940. The highest BCUT2D eigenvalue weighted by atomic mass is 15.1. The first-order valence-electron chi connectivity index (χ1n) is 18.3. The van der Waals surface area contributed by atoms with Crippen LogP contribution in [0.15, 0.2) is 212 Å². The van der Waals surface area contributed by atoms with E-state index in [-0.39, 0.29) is 0 Å². The van der Waals surface area contributed by atoms with Crippen LogP contribution < -0.4 is 4.90 Å². The molecule has 0 aromatic heterocycles. The van der Waals surface area contributed by atoms with Gasteiger partial charge in [-0.3, -0.25) is 0 Å². The van der Waals surface area contributed by atoms with Crippen molar-refractivity contribution in [3.8, 4) is 33.4 Å². The van der Waals surface area contributed by atoms with Crippen molar-refractivity contribution in [3.63, 3.8) is 0 Å². The molecule has 0 spiro atoms. The van der Waals surface area contributed by atoms with Crippen molar-refractivity contribution in [2.75, 3.05) is 4.90 Å². The molecular weight excluding hydrogens is 639 g/mol. The summed E-state index contributed by atoms with van der Waals surface area (Å²) in [5.41, 5.74) is 10.5. The number of nitrogens with zero attached hydrogens (tertiary/aromatic N) is 1. The van der Waals surface area contributed by atoms with E-state index in [0.717, 1.165) is 17.1 Å². The van der Waals surface area contributed by atoms with E-state index in [1.54, 1.807) is 0 Å². The highest BCUT2D eigenvalue weighted by Crippen LogP contribution is 2.46. The molecule has 0 amide bonds.